The number of primary amides is 1. The van der Waals surface area contributed by atoms with Crippen molar-refractivity contribution < 1.29 is 34.2 Å². The van der Waals surface area contributed by atoms with Crippen molar-refractivity contribution in [2.75, 3.05) is 19.7 Å². The van der Waals surface area contributed by atoms with Crippen molar-refractivity contribution in [1.82, 2.24) is 21.3 Å². The number of rotatable bonds is 14. The molecule has 0 radical (unpaired) electrons. The molecule has 0 bridgehead atoms. The molecule has 4 unspecified atom stereocenters. The topological polar surface area (TPSA) is 226 Å². The number of hydrogen-bond acceptors (Lipinski definition) is 8. The van der Waals surface area contributed by atoms with Crippen molar-refractivity contribution in [3.8, 4) is 0 Å². The molecule has 4 amide bonds. The van der Waals surface area contributed by atoms with Crippen LogP contribution in [0.3, 0.4) is 0 Å². The van der Waals surface area contributed by atoms with Gasteiger partial charge in [-0.1, -0.05) is 0 Å². The monoisotopic (exact) mass is 444 g/mol. The number of carboxylic acids is 1. The minimum Gasteiger partial charge on any atom is -0.480 e. The van der Waals surface area contributed by atoms with Gasteiger partial charge in [0.1, 0.15) is 18.1 Å². The van der Waals surface area contributed by atoms with E-state index in [4.69, 9.17) is 21.7 Å². The summed E-state index contributed by atoms with van der Waals surface area (Å²) < 4.78 is 0. The summed E-state index contributed by atoms with van der Waals surface area (Å²) in [7, 11) is 0. The molecule has 1 rings (SSSR count). The summed E-state index contributed by atoms with van der Waals surface area (Å²) in [4.78, 5) is 60.0. The van der Waals surface area contributed by atoms with Gasteiger partial charge in [0.15, 0.2) is 0 Å². The fourth-order valence-electron chi connectivity index (χ4n) is 3.08. The van der Waals surface area contributed by atoms with Crippen LogP contribution in [0.25, 0.3) is 0 Å². The maximum Gasteiger partial charge on any atom is 0.328 e. The molecule has 31 heavy (non-hydrogen) atoms. The van der Waals surface area contributed by atoms with E-state index < -0.39 is 60.9 Å². The standard InChI is InChI=1S/C18H32N6O7/c19-6-2-1-4-11(22-15(27)10-5-3-7-21-10)16(28)23-12(8-14(20)26)17(29)24-13(9-25)18(30)31/h10-13,21,25H,1-9,19H2,(H2,20,26)(H,22,27)(H,23,28)(H,24,29)(H,30,31). The van der Waals surface area contributed by atoms with Gasteiger partial charge in [0.05, 0.1) is 19.1 Å². The second-order valence-corrected chi connectivity index (χ2v) is 7.31. The van der Waals surface area contributed by atoms with Crippen LogP contribution in [-0.2, 0) is 24.0 Å². The number of nitrogens with two attached hydrogens (primary N) is 2. The molecular formula is C18H32N6O7. The summed E-state index contributed by atoms with van der Waals surface area (Å²) in [5, 5.41) is 28.1. The first-order chi connectivity index (χ1) is 14.7. The Labute approximate surface area is 179 Å². The van der Waals surface area contributed by atoms with Gasteiger partial charge in [0.2, 0.25) is 23.6 Å². The average molecular weight is 444 g/mol. The molecule has 1 aliphatic rings. The number of aliphatic carboxylic acids is 1. The van der Waals surface area contributed by atoms with E-state index in [0.717, 1.165) is 6.42 Å². The molecule has 0 aliphatic carbocycles. The van der Waals surface area contributed by atoms with E-state index in [0.29, 0.717) is 32.4 Å². The molecule has 10 N–H and O–H groups in total. The highest BCUT2D eigenvalue weighted by Crippen LogP contribution is 2.08. The van der Waals surface area contributed by atoms with Gasteiger partial charge in [-0.05, 0) is 45.2 Å². The van der Waals surface area contributed by atoms with Crippen LogP contribution in [0.5, 0.6) is 0 Å². The highest BCUT2D eigenvalue weighted by molar-refractivity contribution is 5.96. The van der Waals surface area contributed by atoms with Crippen molar-refractivity contribution in [1.29, 1.82) is 0 Å². The maximum atomic E-state index is 12.8. The zero-order chi connectivity index (χ0) is 23.4. The van der Waals surface area contributed by atoms with Crippen molar-refractivity contribution in [2.45, 2.75) is 62.7 Å². The van der Waals surface area contributed by atoms with Gasteiger partial charge in [-0.15, -0.1) is 0 Å². The second kappa shape index (κ2) is 13.5. The number of nitrogens with one attached hydrogen (secondary N) is 4. The van der Waals surface area contributed by atoms with Crippen molar-refractivity contribution in [2.24, 2.45) is 11.5 Å². The smallest absolute Gasteiger partial charge is 0.328 e. The fourth-order valence-corrected chi connectivity index (χ4v) is 3.08. The molecule has 176 valence electrons. The Balaban J connectivity index is 2.88. The Hall–Kier alpha value is -2.77. The summed E-state index contributed by atoms with van der Waals surface area (Å²) in [5.41, 5.74) is 10.6. The number of amides is 4. The van der Waals surface area contributed by atoms with Gasteiger partial charge in [0.25, 0.3) is 0 Å². The van der Waals surface area contributed by atoms with Gasteiger partial charge >= 0.3 is 5.97 Å². The quantitative estimate of drug-likeness (QED) is 0.123. The minimum atomic E-state index is -1.62. The van der Waals surface area contributed by atoms with Gasteiger partial charge in [0, 0.05) is 0 Å². The Morgan fingerprint density at radius 1 is 1.00 bits per heavy atom. The molecule has 1 fully saturated rings. The molecule has 0 saturated carbocycles. The lowest BCUT2D eigenvalue weighted by Gasteiger charge is -2.24. The number of aliphatic hydroxyl groups is 1. The number of unbranched alkanes of at least 4 members (excludes halogenated alkanes) is 1. The van der Waals surface area contributed by atoms with E-state index in [1.54, 1.807) is 0 Å². The van der Waals surface area contributed by atoms with E-state index in [-0.39, 0.29) is 12.3 Å². The zero-order valence-electron chi connectivity index (χ0n) is 17.3. The lowest BCUT2D eigenvalue weighted by atomic mass is 10.1. The van der Waals surface area contributed by atoms with E-state index >= 15 is 0 Å². The van der Waals surface area contributed by atoms with Gasteiger partial charge < -0.3 is 42.9 Å². The third kappa shape index (κ3) is 9.27. The van der Waals surface area contributed by atoms with Crippen LogP contribution in [0, 0.1) is 0 Å². The van der Waals surface area contributed by atoms with E-state index in [2.05, 4.69) is 16.0 Å². The van der Waals surface area contributed by atoms with Crippen molar-refractivity contribution in [3.05, 3.63) is 0 Å². The first-order valence-corrected chi connectivity index (χ1v) is 10.2. The average Bonchev–Trinajstić information content (AvgIpc) is 3.25. The van der Waals surface area contributed by atoms with Crippen LogP contribution in [0.2, 0.25) is 0 Å². The predicted octanol–water partition coefficient (Wildman–Crippen LogP) is -3.73. The van der Waals surface area contributed by atoms with Gasteiger partial charge in [-0.2, -0.15) is 0 Å². The first kappa shape index (κ1) is 26.3. The number of aliphatic hydroxyl groups excluding tert-OH is 1. The molecule has 1 saturated heterocycles. The summed E-state index contributed by atoms with van der Waals surface area (Å²) in [6.45, 7) is 0.208. The molecule has 0 aromatic heterocycles. The number of carbonyl (C=O) groups excluding carboxylic acids is 4. The number of hydrogen-bond donors (Lipinski definition) is 8. The van der Waals surface area contributed by atoms with Crippen LogP contribution in [0.15, 0.2) is 0 Å². The van der Waals surface area contributed by atoms with Crippen LogP contribution in [0.1, 0.15) is 38.5 Å². The van der Waals surface area contributed by atoms with Crippen molar-refractivity contribution >= 4 is 29.6 Å². The molecule has 0 aromatic carbocycles. The minimum absolute atomic E-state index is 0.251. The van der Waals surface area contributed by atoms with E-state index in [9.17, 15) is 24.0 Å². The molecule has 0 spiro atoms. The van der Waals surface area contributed by atoms with Crippen LogP contribution in [0.4, 0.5) is 0 Å². The number of carbonyl (C=O) groups is 5. The normalized spacial score (nSPS) is 18.5. The molecule has 0 aromatic rings. The highest BCUT2D eigenvalue weighted by Gasteiger charge is 2.31. The Morgan fingerprint density at radius 3 is 2.16 bits per heavy atom. The Morgan fingerprint density at radius 2 is 1.65 bits per heavy atom. The summed E-state index contributed by atoms with van der Waals surface area (Å²) >= 11 is 0. The summed E-state index contributed by atoms with van der Waals surface area (Å²) in [6, 6.07) is -4.50. The molecule has 1 heterocycles. The van der Waals surface area contributed by atoms with E-state index in [1.807, 2.05) is 5.32 Å². The van der Waals surface area contributed by atoms with Crippen LogP contribution in [-0.4, -0.2) is 83.7 Å². The number of carboxylic acid groups (broad SMARTS) is 1. The van der Waals surface area contributed by atoms with Crippen molar-refractivity contribution in [3.63, 3.8) is 0 Å². The SMILES string of the molecule is NCCCCC(NC(=O)C1CCCN1)C(=O)NC(CC(N)=O)C(=O)NC(CO)C(=O)O. The molecule has 13 nitrogen and oxygen atoms in total. The first-order valence-electron chi connectivity index (χ1n) is 10.2. The Bertz CT molecular complexity index is 653. The van der Waals surface area contributed by atoms with Crippen LogP contribution >= 0.6 is 0 Å². The molecule has 4 atom stereocenters. The maximum absolute atomic E-state index is 12.8. The lowest BCUT2D eigenvalue weighted by molar-refractivity contribution is -0.143. The van der Waals surface area contributed by atoms with Gasteiger partial charge in [-0.25, -0.2) is 4.79 Å². The van der Waals surface area contributed by atoms with E-state index in [1.165, 1.54) is 0 Å². The lowest BCUT2D eigenvalue weighted by Crippen LogP contribution is -2.58. The Kier molecular flexibility index (Phi) is 11.5. The van der Waals surface area contributed by atoms with Gasteiger partial charge in [-0.3, -0.25) is 19.2 Å². The molecule has 13 heteroatoms. The summed E-state index contributed by atoms with van der Waals surface area (Å²) in [5.74, 6) is -4.47. The zero-order valence-corrected chi connectivity index (χ0v) is 17.3. The molecule has 1 aliphatic heterocycles. The molecular weight excluding hydrogens is 412 g/mol. The fraction of sp³-hybridized carbons (Fsp3) is 0.722. The second-order valence-electron chi connectivity index (χ2n) is 7.31. The highest BCUT2D eigenvalue weighted by atomic mass is 16.4. The predicted molar refractivity (Wildman–Crippen MR) is 108 cm³/mol. The third-order valence-electron chi connectivity index (χ3n) is 4.79. The third-order valence-corrected chi connectivity index (χ3v) is 4.79. The summed E-state index contributed by atoms with van der Waals surface area (Å²) in [6.07, 6.45) is 2.27. The largest absolute Gasteiger partial charge is 0.480 e. The van der Waals surface area contributed by atoms with Crippen LogP contribution < -0.4 is 32.7 Å².